The molecule has 0 heterocycles. The van der Waals surface area contributed by atoms with E-state index in [1.54, 1.807) is 4.90 Å². The van der Waals surface area contributed by atoms with Gasteiger partial charge in [-0.3, -0.25) is 4.79 Å². The number of amides is 1. The van der Waals surface area contributed by atoms with Crippen LogP contribution in [-0.4, -0.2) is 29.9 Å². The molecule has 0 bridgehead atoms. The van der Waals surface area contributed by atoms with Gasteiger partial charge in [-0.25, -0.2) is 0 Å². The lowest BCUT2D eigenvalue weighted by molar-refractivity contribution is -0.135. The predicted molar refractivity (Wildman–Crippen MR) is 69.1 cm³/mol. The van der Waals surface area contributed by atoms with Crippen molar-refractivity contribution >= 4 is 5.91 Å². The van der Waals surface area contributed by atoms with E-state index in [2.05, 4.69) is 19.9 Å². The number of carbonyl (C=O) groups excluding carboxylic acids is 1. The van der Waals surface area contributed by atoms with Crippen LogP contribution in [0.15, 0.2) is 0 Å². The van der Waals surface area contributed by atoms with Crippen LogP contribution < -0.4 is 5.73 Å². The van der Waals surface area contributed by atoms with Crippen LogP contribution in [-0.2, 0) is 4.79 Å². The molecule has 0 radical (unpaired) electrons. The molecule has 0 aromatic heterocycles. The molecule has 1 atom stereocenters. The molecule has 0 spiro atoms. The molecule has 0 aromatic rings. The predicted octanol–water partition coefficient (Wildman–Crippen LogP) is 1.76. The molecule has 4 nitrogen and oxygen atoms in total. The molecule has 2 N–H and O–H groups in total. The van der Waals surface area contributed by atoms with Crippen molar-refractivity contribution in [2.75, 3.05) is 13.1 Å². The minimum absolute atomic E-state index is 0.0542. The van der Waals surface area contributed by atoms with E-state index in [0.29, 0.717) is 25.4 Å². The number of hydrogen-bond acceptors (Lipinski definition) is 3. The molecule has 0 aliphatic rings. The van der Waals surface area contributed by atoms with Gasteiger partial charge in [-0.1, -0.05) is 34.6 Å². The summed E-state index contributed by atoms with van der Waals surface area (Å²) in [5, 5.41) is 8.61. The zero-order valence-corrected chi connectivity index (χ0v) is 11.7. The van der Waals surface area contributed by atoms with Gasteiger partial charge in [0.1, 0.15) is 0 Å². The highest BCUT2D eigenvalue weighted by atomic mass is 16.2. The molecule has 0 rings (SSSR count). The first kappa shape index (κ1) is 15.9. The van der Waals surface area contributed by atoms with Gasteiger partial charge in [-0.05, 0) is 11.3 Å². The molecule has 0 fully saturated rings. The van der Waals surface area contributed by atoms with Crippen molar-refractivity contribution in [1.82, 2.24) is 4.90 Å². The van der Waals surface area contributed by atoms with E-state index in [-0.39, 0.29) is 11.3 Å². The lowest BCUT2D eigenvalue weighted by Crippen LogP contribution is -2.51. The molecule has 0 saturated heterocycles. The summed E-state index contributed by atoms with van der Waals surface area (Å²) in [5.74, 6) is 0.325. The molecule has 0 aliphatic carbocycles. The van der Waals surface area contributed by atoms with Crippen LogP contribution in [0.4, 0.5) is 0 Å². The Kier molecular flexibility index (Phi) is 6.19. The second kappa shape index (κ2) is 6.61. The van der Waals surface area contributed by atoms with Crippen molar-refractivity contribution in [3.05, 3.63) is 0 Å². The SMILES string of the molecule is CC(C)CN(CCC#N)C(=O)[C@H](N)C(C)(C)C. The van der Waals surface area contributed by atoms with Crippen molar-refractivity contribution < 1.29 is 4.79 Å². The third kappa shape index (κ3) is 5.69. The summed E-state index contributed by atoms with van der Waals surface area (Å²) in [7, 11) is 0. The average Bonchev–Trinajstić information content (AvgIpc) is 2.20. The highest BCUT2D eigenvalue weighted by Crippen LogP contribution is 2.19. The van der Waals surface area contributed by atoms with Gasteiger partial charge in [0.2, 0.25) is 5.91 Å². The van der Waals surface area contributed by atoms with E-state index in [9.17, 15) is 4.79 Å². The fraction of sp³-hybridized carbons (Fsp3) is 0.846. The molecular formula is C13H25N3O. The summed E-state index contributed by atoms with van der Waals surface area (Å²) in [4.78, 5) is 13.9. The highest BCUT2D eigenvalue weighted by Gasteiger charge is 2.31. The summed E-state index contributed by atoms with van der Waals surface area (Å²) in [6, 6.07) is 1.56. The fourth-order valence-electron chi connectivity index (χ4n) is 1.48. The van der Waals surface area contributed by atoms with Crippen molar-refractivity contribution in [3.63, 3.8) is 0 Å². The number of nitrogens with two attached hydrogens (primary N) is 1. The lowest BCUT2D eigenvalue weighted by Gasteiger charge is -2.32. The number of carbonyl (C=O) groups is 1. The van der Waals surface area contributed by atoms with Gasteiger partial charge in [0.05, 0.1) is 18.5 Å². The third-order valence-corrected chi connectivity index (χ3v) is 2.59. The van der Waals surface area contributed by atoms with E-state index in [1.165, 1.54) is 0 Å². The van der Waals surface area contributed by atoms with Crippen LogP contribution in [0.5, 0.6) is 0 Å². The summed E-state index contributed by atoms with van der Waals surface area (Å²) in [6.45, 7) is 11.1. The minimum Gasteiger partial charge on any atom is -0.340 e. The van der Waals surface area contributed by atoms with Crippen LogP contribution in [0.2, 0.25) is 0 Å². The first-order valence-electron chi connectivity index (χ1n) is 6.11. The largest absolute Gasteiger partial charge is 0.340 e. The molecule has 0 saturated carbocycles. The number of nitriles is 1. The normalized spacial score (nSPS) is 13.3. The van der Waals surface area contributed by atoms with Gasteiger partial charge in [0.25, 0.3) is 0 Å². The van der Waals surface area contributed by atoms with Crippen molar-refractivity contribution in [2.45, 2.75) is 47.1 Å². The maximum Gasteiger partial charge on any atom is 0.240 e. The average molecular weight is 239 g/mol. The van der Waals surface area contributed by atoms with E-state index in [1.807, 2.05) is 20.8 Å². The number of rotatable bonds is 5. The Morgan fingerprint density at radius 2 is 1.94 bits per heavy atom. The van der Waals surface area contributed by atoms with Crippen molar-refractivity contribution in [3.8, 4) is 6.07 Å². The molecule has 0 unspecified atom stereocenters. The van der Waals surface area contributed by atoms with Crippen LogP contribution in [0.25, 0.3) is 0 Å². The first-order chi connectivity index (χ1) is 7.70. The minimum atomic E-state index is -0.514. The Hall–Kier alpha value is -1.08. The molecule has 4 heteroatoms. The van der Waals surface area contributed by atoms with Crippen molar-refractivity contribution in [1.29, 1.82) is 5.26 Å². The molecule has 98 valence electrons. The summed E-state index contributed by atoms with van der Waals surface area (Å²) in [6.07, 6.45) is 0.356. The zero-order valence-electron chi connectivity index (χ0n) is 11.7. The fourth-order valence-corrected chi connectivity index (χ4v) is 1.48. The van der Waals surface area contributed by atoms with E-state index >= 15 is 0 Å². The van der Waals surface area contributed by atoms with Crippen LogP contribution in [0.1, 0.15) is 41.0 Å². The standard InChI is InChI=1S/C13H25N3O/c1-10(2)9-16(8-6-7-14)12(17)11(15)13(3,4)5/h10-11H,6,8-9,15H2,1-5H3/t11-/m0/s1. The summed E-state index contributed by atoms with van der Waals surface area (Å²) >= 11 is 0. The Morgan fingerprint density at radius 3 is 2.29 bits per heavy atom. The van der Waals surface area contributed by atoms with E-state index in [0.717, 1.165) is 0 Å². The van der Waals surface area contributed by atoms with Crippen LogP contribution >= 0.6 is 0 Å². The van der Waals surface area contributed by atoms with Crippen LogP contribution in [0, 0.1) is 22.7 Å². The maximum absolute atomic E-state index is 12.2. The van der Waals surface area contributed by atoms with Crippen LogP contribution in [0.3, 0.4) is 0 Å². The Morgan fingerprint density at radius 1 is 1.41 bits per heavy atom. The summed E-state index contributed by atoms with van der Waals surface area (Å²) in [5.41, 5.74) is 5.72. The Labute approximate surface area is 105 Å². The number of hydrogen-bond donors (Lipinski definition) is 1. The lowest BCUT2D eigenvalue weighted by atomic mass is 9.86. The smallest absolute Gasteiger partial charge is 0.240 e. The Balaban J connectivity index is 4.68. The number of nitrogens with zero attached hydrogens (tertiary/aromatic N) is 2. The van der Waals surface area contributed by atoms with Crippen molar-refractivity contribution in [2.24, 2.45) is 17.1 Å². The van der Waals surface area contributed by atoms with Gasteiger partial charge >= 0.3 is 0 Å². The molecular weight excluding hydrogens is 214 g/mol. The van der Waals surface area contributed by atoms with E-state index in [4.69, 9.17) is 11.0 Å². The molecule has 1 amide bonds. The van der Waals surface area contributed by atoms with Gasteiger partial charge in [-0.2, -0.15) is 5.26 Å². The van der Waals surface area contributed by atoms with Gasteiger partial charge < -0.3 is 10.6 Å². The second-order valence-electron chi connectivity index (χ2n) is 5.93. The molecule has 17 heavy (non-hydrogen) atoms. The topological polar surface area (TPSA) is 70.1 Å². The summed E-state index contributed by atoms with van der Waals surface area (Å²) < 4.78 is 0. The molecule has 0 aliphatic heterocycles. The Bertz CT molecular complexity index is 286. The van der Waals surface area contributed by atoms with Gasteiger partial charge in [-0.15, -0.1) is 0 Å². The molecule has 0 aromatic carbocycles. The third-order valence-electron chi connectivity index (χ3n) is 2.59. The van der Waals surface area contributed by atoms with Gasteiger partial charge in [0, 0.05) is 13.1 Å². The highest BCUT2D eigenvalue weighted by molar-refractivity contribution is 5.82. The van der Waals surface area contributed by atoms with Gasteiger partial charge in [0.15, 0.2) is 0 Å². The first-order valence-corrected chi connectivity index (χ1v) is 6.11. The van der Waals surface area contributed by atoms with E-state index < -0.39 is 6.04 Å². The monoisotopic (exact) mass is 239 g/mol. The quantitative estimate of drug-likeness (QED) is 0.794. The zero-order chi connectivity index (χ0) is 13.6. The maximum atomic E-state index is 12.2. The second-order valence-corrected chi connectivity index (χ2v) is 5.93.